The smallest absolute Gasteiger partial charge is 0.224 e. The van der Waals surface area contributed by atoms with E-state index in [1.54, 1.807) is 12.1 Å². The molecule has 0 spiro atoms. The molecule has 0 bridgehead atoms. The molecule has 0 saturated heterocycles. The van der Waals surface area contributed by atoms with Gasteiger partial charge in [-0.2, -0.15) is 0 Å². The highest BCUT2D eigenvalue weighted by atomic mass is 35.5. The van der Waals surface area contributed by atoms with Crippen molar-refractivity contribution in [1.82, 2.24) is 9.97 Å². The van der Waals surface area contributed by atoms with Crippen molar-refractivity contribution >= 4 is 34.2 Å². The Morgan fingerprint density at radius 1 is 1.27 bits per heavy atom. The zero-order valence-corrected chi connectivity index (χ0v) is 12.9. The van der Waals surface area contributed by atoms with Gasteiger partial charge in [-0.1, -0.05) is 29.8 Å². The number of aromatic nitrogens is 2. The molecule has 0 radical (unpaired) electrons. The largest absolute Gasteiger partial charge is 0.342 e. The number of para-hydroxylation sites is 2. The number of amides is 1. The van der Waals surface area contributed by atoms with Crippen molar-refractivity contribution in [1.29, 1.82) is 0 Å². The molecule has 0 aliphatic heterocycles. The van der Waals surface area contributed by atoms with Crippen molar-refractivity contribution in [3.8, 4) is 0 Å². The van der Waals surface area contributed by atoms with Gasteiger partial charge >= 0.3 is 0 Å². The summed E-state index contributed by atoms with van der Waals surface area (Å²) >= 11 is 5.95. The zero-order chi connectivity index (χ0) is 15.5. The van der Waals surface area contributed by atoms with Crippen LogP contribution in [0.1, 0.15) is 17.8 Å². The summed E-state index contributed by atoms with van der Waals surface area (Å²) in [5.41, 5.74) is 3.65. The van der Waals surface area contributed by atoms with E-state index in [0.717, 1.165) is 28.1 Å². The van der Waals surface area contributed by atoms with Gasteiger partial charge in [0.2, 0.25) is 5.91 Å². The van der Waals surface area contributed by atoms with E-state index in [2.05, 4.69) is 15.3 Å². The van der Waals surface area contributed by atoms with Crippen LogP contribution in [0.15, 0.2) is 42.5 Å². The molecule has 1 aromatic heterocycles. The van der Waals surface area contributed by atoms with Crippen molar-refractivity contribution in [2.24, 2.45) is 0 Å². The van der Waals surface area contributed by atoms with Gasteiger partial charge < -0.3 is 10.3 Å². The molecule has 2 aromatic carbocycles. The van der Waals surface area contributed by atoms with Crippen LogP contribution >= 0.6 is 11.6 Å². The van der Waals surface area contributed by atoms with Crippen LogP contribution in [0.3, 0.4) is 0 Å². The number of hydrogen-bond donors (Lipinski definition) is 2. The molecular weight excluding hydrogens is 298 g/mol. The Bertz CT molecular complexity index is 793. The van der Waals surface area contributed by atoms with E-state index in [1.165, 1.54) is 0 Å². The lowest BCUT2D eigenvalue weighted by molar-refractivity contribution is -0.116. The lowest BCUT2D eigenvalue weighted by Crippen LogP contribution is -2.13. The number of H-pyrrole nitrogens is 1. The Labute approximate surface area is 133 Å². The SMILES string of the molecule is Cc1ccc(Cl)cc1NC(=O)CCc1nc2ccccc2[nH]1. The van der Waals surface area contributed by atoms with Gasteiger partial charge in [-0.25, -0.2) is 4.98 Å². The molecule has 2 N–H and O–H groups in total. The third kappa shape index (κ3) is 3.28. The molecule has 22 heavy (non-hydrogen) atoms. The summed E-state index contributed by atoms with van der Waals surface area (Å²) in [5.74, 6) is 0.769. The number of carbonyl (C=O) groups excluding carboxylic acids is 1. The fourth-order valence-corrected chi connectivity index (χ4v) is 2.47. The van der Waals surface area contributed by atoms with Gasteiger partial charge in [0, 0.05) is 23.6 Å². The Morgan fingerprint density at radius 3 is 2.91 bits per heavy atom. The number of nitrogens with zero attached hydrogens (tertiary/aromatic N) is 1. The average Bonchev–Trinajstić information content (AvgIpc) is 2.92. The van der Waals surface area contributed by atoms with Gasteiger partial charge in [0.05, 0.1) is 11.0 Å². The van der Waals surface area contributed by atoms with E-state index in [1.807, 2.05) is 37.3 Å². The van der Waals surface area contributed by atoms with Crippen LogP contribution in [0, 0.1) is 6.92 Å². The van der Waals surface area contributed by atoms with E-state index >= 15 is 0 Å². The third-order valence-electron chi connectivity index (χ3n) is 3.50. The second-order valence-electron chi connectivity index (χ2n) is 5.21. The zero-order valence-electron chi connectivity index (χ0n) is 12.2. The number of benzene rings is 2. The summed E-state index contributed by atoms with van der Waals surface area (Å²) in [4.78, 5) is 19.8. The van der Waals surface area contributed by atoms with E-state index in [4.69, 9.17) is 11.6 Å². The molecule has 1 heterocycles. The van der Waals surface area contributed by atoms with Gasteiger partial charge in [-0.15, -0.1) is 0 Å². The number of hydrogen-bond acceptors (Lipinski definition) is 2. The molecule has 0 aliphatic rings. The lowest BCUT2D eigenvalue weighted by atomic mass is 10.2. The van der Waals surface area contributed by atoms with Crippen LogP contribution in [0.25, 0.3) is 11.0 Å². The number of aromatic amines is 1. The fourth-order valence-electron chi connectivity index (χ4n) is 2.30. The first-order chi connectivity index (χ1) is 10.6. The summed E-state index contributed by atoms with van der Waals surface area (Å²) in [5, 5.41) is 3.50. The molecule has 5 heteroatoms. The second kappa shape index (κ2) is 6.20. The van der Waals surface area contributed by atoms with Crippen molar-refractivity contribution in [2.45, 2.75) is 19.8 Å². The molecule has 1 amide bonds. The molecule has 0 aliphatic carbocycles. The fraction of sp³-hybridized carbons (Fsp3) is 0.176. The molecular formula is C17H16ClN3O. The monoisotopic (exact) mass is 313 g/mol. The highest BCUT2D eigenvalue weighted by Gasteiger charge is 2.08. The number of anilines is 1. The minimum atomic E-state index is -0.0502. The van der Waals surface area contributed by atoms with E-state index in [9.17, 15) is 4.79 Å². The number of imidazole rings is 1. The van der Waals surface area contributed by atoms with Gasteiger partial charge in [0.25, 0.3) is 0 Å². The van der Waals surface area contributed by atoms with E-state index < -0.39 is 0 Å². The maximum atomic E-state index is 12.1. The molecule has 0 saturated carbocycles. The van der Waals surface area contributed by atoms with Crippen LogP contribution in [-0.4, -0.2) is 15.9 Å². The number of nitrogens with one attached hydrogen (secondary N) is 2. The summed E-state index contributed by atoms with van der Waals surface area (Å²) in [7, 11) is 0. The number of rotatable bonds is 4. The van der Waals surface area contributed by atoms with Gasteiger partial charge in [-0.3, -0.25) is 4.79 Å². The van der Waals surface area contributed by atoms with Gasteiger partial charge in [0.1, 0.15) is 5.82 Å². The van der Waals surface area contributed by atoms with E-state index in [-0.39, 0.29) is 5.91 Å². The highest BCUT2D eigenvalue weighted by molar-refractivity contribution is 6.31. The molecule has 3 aromatic rings. The van der Waals surface area contributed by atoms with Crippen molar-refractivity contribution in [3.05, 3.63) is 58.9 Å². The lowest BCUT2D eigenvalue weighted by Gasteiger charge is -2.08. The Hall–Kier alpha value is -2.33. The van der Waals surface area contributed by atoms with E-state index in [0.29, 0.717) is 17.9 Å². The average molecular weight is 314 g/mol. The maximum Gasteiger partial charge on any atom is 0.224 e. The predicted molar refractivity (Wildman–Crippen MR) is 89.2 cm³/mol. The standard InChI is InChI=1S/C17H16ClN3O/c1-11-6-7-12(18)10-15(11)21-17(22)9-8-16-19-13-4-2-3-5-14(13)20-16/h2-7,10H,8-9H2,1H3,(H,19,20)(H,21,22). The highest BCUT2D eigenvalue weighted by Crippen LogP contribution is 2.20. The van der Waals surface area contributed by atoms with Crippen LogP contribution in [-0.2, 0) is 11.2 Å². The topological polar surface area (TPSA) is 57.8 Å². The van der Waals surface area contributed by atoms with Crippen LogP contribution in [0.2, 0.25) is 5.02 Å². The molecule has 4 nitrogen and oxygen atoms in total. The third-order valence-corrected chi connectivity index (χ3v) is 3.74. The van der Waals surface area contributed by atoms with Gasteiger partial charge in [0.15, 0.2) is 0 Å². The molecule has 0 unspecified atom stereocenters. The maximum absolute atomic E-state index is 12.1. The summed E-state index contributed by atoms with van der Waals surface area (Å²) in [6, 6.07) is 13.3. The molecule has 0 fully saturated rings. The van der Waals surface area contributed by atoms with Crippen LogP contribution in [0.5, 0.6) is 0 Å². The molecule has 112 valence electrons. The van der Waals surface area contributed by atoms with Gasteiger partial charge in [-0.05, 0) is 36.8 Å². The number of carbonyl (C=O) groups is 1. The molecule has 3 rings (SSSR count). The second-order valence-corrected chi connectivity index (χ2v) is 5.64. The van der Waals surface area contributed by atoms with Crippen molar-refractivity contribution in [2.75, 3.05) is 5.32 Å². The van der Waals surface area contributed by atoms with Crippen LogP contribution < -0.4 is 5.32 Å². The Morgan fingerprint density at radius 2 is 2.09 bits per heavy atom. The first kappa shape index (κ1) is 14.6. The molecule has 0 atom stereocenters. The summed E-state index contributed by atoms with van der Waals surface area (Å²) in [6.45, 7) is 1.94. The number of fused-ring (bicyclic) bond motifs is 1. The first-order valence-corrected chi connectivity index (χ1v) is 7.49. The quantitative estimate of drug-likeness (QED) is 0.762. The van der Waals surface area contributed by atoms with Crippen LogP contribution in [0.4, 0.5) is 5.69 Å². The number of halogens is 1. The Kier molecular flexibility index (Phi) is 4.11. The minimum Gasteiger partial charge on any atom is -0.342 e. The predicted octanol–water partition coefficient (Wildman–Crippen LogP) is 4.10. The summed E-state index contributed by atoms with van der Waals surface area (Å²) in [6.07, 6.45) is 0.936. The normalized spacial score (nSPS) is 10.8. The summed E-state index contributed by atoms with van der Waals surface area (Å²) < 4.78 is 0. The van der Waals surface area contributed by atoms with Crippen molar-refractivity contribution in [3.63, 3.8) is 0 Å². The first-order valence-electron chi connectivity index (χ1n) is 7.11. The Balaban J connectivity index is 1.63. The number of aryl methyl sites for hydroxylation is 2. The van der Waals surface area contributed by atoms with Crippen molar-refractivity contribution < 1.29 is 4.79 Å². The minimum absolute atomic E-state index is 0.0502.